The second kappa shape index (κ2) is 8.87. The summed E-state index contributed by atoms with van der Waals surface area (Å²) in [7, 11) is 0. The SMILES string of the molecule is CC(CC(=O)CC(C)C1CC(=O)[C@@]2(C)C3=C(C(=O)CC12C)C1CCC(O)C(C)(C)C1CC3O)C(=O)O. The highest BCUT2D eigenvalue weighted by Gasteiger charge is 2.68. The lowest BCUT2D eigenvalue weighted by Crippen LogP contribution is -2.57. The van der Waals surface area contributed by atoms with Gasteiger partial charge in [0.1, 0.15) is 11.6 Å². The number of hydrogen-bond donors (Lipinski definition) is 3. The largest absolute Gasteiger partial charge is 0.481 e. The molecule has 8 unspecified atom stereocenters. The van der Waals surface area contributed by atoms with E-state index in [-0.39, 0.29) is 66.7 Å². The second-order valence-corrected chi connectivity index (χ2v) is 13.2. The molecule has 4 rings (SSSR count). The Bertz CT molecular complexity index is 1020. The number of ketones is 3. The Morgan fingerprint density at radius 1 is 1.03 bits per heavy atom. The molecule has 9 atom stereocenters. The van der Waals surface area contributed by atoms with Crippen LogP contribution in [0.4, 0.5) is 0 Å². The molecule has 0 spiro atoms. The number of hydrogen-bond acceptors (Lipinski definition) is 6. The summed E-state index contributed by atoms with van der Waals surface area (Å²) in [6.45, 7) is 11.3. The quantitative estimate of drug-likeness (QED) is 0.504. The third-order valence-corrected chi connectivity index (χ3v) is 11.0. The fourth-order valence-corrected chi connectivity index (χ4v) is 8.54. The third kappa shape index (κ3) is 3.75. The van der Waals surface area contributed by atoms with Gasteiger partial charge < -0.3 is 15.3 Å². The minimum Gasteiger partial charge on any atom is -0.481 e. The van der Waals surface area contributed by atoms with Crippen molar-refractivity contribution in [2.75, 3.05) is 0 Å². The topological polar surface area (TPSA) is 129 Å². The average Bonchev–Trinajstić information content (AvgIpc) is 2.97. The van der Waals surface area contributed by atoms with Gasteiger partial charge in [-0.1, -0.05) is 34.6 Å². The number of carboxylic acid groups (broad SMARTS) is 1. The number of rotatable bonds is 6. The molecule has 0 radical (unpaired) electrons. The van der Waals surface area contributed by atoms with E-state index in [2.05, 4.69) is 0 Å². The Balaban J connectivity index is 1.70. The molecule has 7 nitrogen and oxygen atoms in total. The fourth-order valence-electron chi connectivity index (χ4n) is 8.54. The van der Waals surface area contributed by atoms with Crippen LogP contribution >= 0.6 is 0 Å². The number of carboxylic acids is 1. The highest BCUT2D eigenvalue weighted by Crippen LogP contribution is 2.68. The van der Waals surface area contributed by atoms with Crippen molar-refractivity contribution in [2.45, 2.75) is 98.7 Å². The second-order valence-electron chi connectivity index (χ2n) is 13.2. The number of aliphatic hydroxyl groups is 2. The molecule has 200 valence electrons. The van der Waals surface area contributed by atoms with Crippen molar-refractivity contribution in [3.8, 4) is 0 Å². The van der Waals surface area contributed by atoms with E-state index in [1.54, 1.807) is 0 Å². The van der Waals surface area contributed by atoms with Crippen LogP contribution in [0, 0.1) is 45.8 Å². The highest BCUT2D eigenvalue weighted by atomic mass is 16.4. The van der Waals surface area contributed by atoms with Crippen molar-refractivity contribution in [1.29, 1.82) is 0 Å². The van der Waals surface area contributed by atoms with Crippen LogP contribution in [0.15, 0.2) is 11.1 Å². The summed E-state index contributed by atoms with van der Waals surface area (Å²) >= 11 is 0. The molecule has 2 fully saturated rings. The van der Waals surface area contributed by atoms with E-state index in [1.165, 1.54) is 6.92 Å². The smallest absolute Gasteiger partial charge is 0.306 e. The number of fused-ring (bicyclic) bond motifs is 4. The molecule has 0 bridgehead atoms. The zero-order valence-electron chi connectivity index (χ0n) is 22.5. The van der Waals surface area contributed by atoms with E-state index in [1.807, 2.05) is 34.6 Å². The van der Waals surface area contributed by atoms with Crippen molar-refractivity contribution in [3.63, 3.8) is 0 Å². The minimum absolute atomic E-state index is 0.0105. The molecular weight excluding hydrogens is 460 g/mol. The molecule has 3 N–H and O–H groups in total. The van der Waals surface area contributed by atoms with Crippen molar-refractivity contribution in [3.05, 3.63) is 11.1 Å². The van der Waals surface area contributed by atoms with Crippen LogP contribution in [-0.4, -0.2) is 50.8 Å². The van der Waals surface area contributed by atoms with E-state index in [0.717, 1.165) is 0 Å². The van der Waals surface area contributed by atoms with Gasteiger partial charge in [0.05, 0.1) is 23.5 Å². The number of Topliss-reactive ketones (excluding diaryl/α,β-unsaturated/α-hetero) is 3. The molecule has 0 aromatic heterocycles. The average molecular weight is 503 g/mol. The number of aliphatic carboxylic acids is 1. The van der Waals surface area contributed by atoms with Crippen LogP contribution in [0.5, 0.6) is 0 Å². The third-order valence-electron chi connectivity index (χ3n) is 11.0. The molecular formula is C29H42O7. The monoisotopic (exact) mass is 502 g/mol. The fraction of sp³-hybridized carbons (Fsp3) is 0.793. The minimum atomic E-state index is -1.01. The lowest BCUT2D eigenvalue weighted by atomic mass is 9.46. The van der Waals surface area contributed by atoms with Gasteiger partial charge in [-0.25, -0.2) is 0 Å². The van der Waals surface area contributed by atoms with Crippen LogP contribution in [0.3, 0.4) is 0 Å². The maximum absolute atomic E-state index is 13.9. The molecule has 0 aromatic rings. The molecule has 0 amide bonds. The van der Waals surface area contributed by atoms with Crippen LogP contribution in [0.2, 0.25) is 0 Å². The van der Waals surface area contributed by atoms with Crippen molar-refractivity contribution >= 4 is 23.3 Å². The summed E-state index contributed by atoms with van der Waals surface area (Å²) < 4.78 is 0. The molecule has 2 saturated carbocycles. The first-order valence-electron chi connectivity index (χ1n) is 13.5. The van der Waals surface area contributed by atoms with Gasteiger partial charge >= 0.3 is 5.97 Å². The number of carbonyl (C=O) groups is 4. The van der Waals surface area contributed by atoms with Crippen molar-refractivity contribution in [1.82, 2.24) is 0 Å². The number of carbonyl (C=O) groups excluding carboxylic acids is 3. The summed E-state index contributed by atoms with van der Waals surface area (Å²) in [5.41, 5.74) is -0.923. The van der Waals surface area contributed by atoms with Gasteiger partial charge in [0.2, 0.25) is 0 Å². The Morgan fingerprint density at radius 3 is 2.28 bits per heavy atom. The summed E-state index contributed by atoms with van der Waals surface area (Å²) in [6.07, 6.45) is 0.823. The Kier molecular flexibility index (Phi) is 6.69. The summed E-state index contributed by atoms with van der Waals surface area (Å²) in [4.78, 5) is 51.5. The molecule has 0 saturated heterocycles. The Labute approximate surface area is 213 Å². The van der Waals surface area contributed by atoms with Crippen molar-refractivity contribution in [2.24, 2.45) is 45.8 Å². The molecule has 0 aliphatic heterocycles. The van der Waals surface area contributed by atoms with E-state index < -0.39 is 40.3 Å². The predicted octanol–water partition coefficient (Wildman–Crippen LogP) is 3.74. The summed E-state index contributed by atoms with van der Waals surface area (Å²) in [5, 5.41) is 31.3. The lowest BCUT2D eigenvalue weighted by molar-refractivity contribution is -0.143. The first kappa shape index (κ1) is 27.2. The van der Waals surface area contributed by atoms with Gasteiger partial charge in [-0.05, 0) is 66.3 Å². The number of aliphatic hydroxyl groups excluding tert-OH is 2. The molecule has 36 heavy (non-hydrogen) atoms. The predicted molar refractivity (Wildman–Crippen MR) is 133 cm³/mol. The van der Waals surface area contributed by atoms with Gasteiger partial charge in [-0.15, -0.1) is 0 Å². The highest BCUT2D eigenvalue weighted by molar-refractivity contribution is 6.04. The van der Waals surface area contributed by atoms with E-state index in [9.17, 15) is 29.4 Å². The van der Waals surface area contributed by atoms with E-state index in [0.29, 0.717) is 30.4 Å². The van der Waals surface area contributed by atoms with Crippen molar-refractivity contribution < 1.29 is 34.5 Å². The van der Waals surface area contributed by atoms with Crippen LogP contribution in [0.1, 0.15) is 86.5 Å². The van der Waals surface area contributed by atoms with Gasteiger partial charge in [0.25, 0.3) is 0 Å². The molecule has 0 aromatic carbocycles. The Hall–Kier alpha value is -1.86. The lowest BCUT2D eigenvalue weighted by Gasteiger charge is -2.57. The first-order chi connectivity index (χ1) is 16.6. The van der Waals surface area contributed by atoms with Crippen LogP contribution in [0.25, 0.3) is 0 Å². The first-order valence-corrected chi connectivity index (χ1v) is 13.5. The zero-order chi connectivity index (χ0) is 27.0. The van der Waals surface area contributed by atoms with Gasteiger partial charge in [0.15, 0.2) is 5.78 Å². The van der Waals surface area contributed by atoms with E-state index >= 15 is 0 Å². The zero-order valence-corrected chi connectivity index (χ0v) is 22.5. The Morgan fingerprint density at radius 2 is 1.67 bits per heavy atom. The van der Waals surface area contributed by atoms with Crippen LogP contribution in [-0.2, 0) is 19.2 Å². The summed E-state index contributed by atoms with van der Waals surface area (Å²) in [6, 6.07) is 0. The van der Waals surface area contributed by atoms with Gasteiger partial charge in [-0.2, -0.15) is 0 Å². The number of allylic oxidation sites excluding steroid dienone is 1. The van der Waals surface area contributed by atoms with Crippen LogP contribution < -0.4 is 0 Å². The standard InChI is InChI=1S/C29H42O7/c1-14(9-16(30)10-15(2)26(35)36)18-12-23(34)29(6)25-20(31)11-19-17(7-8-22(33)27(19,3)4)24(25)21(32)13-28(18,29)5/h14-15,17-20,22,31,33H,7-13H2,1-6H3,(H,35,36)/t14?,15?,17?,18?,19?,20?,22?,28?,29-/m0/s1. The summed E-state index contributed by atoms with van der Waals surface area (Å²) in [5.74, 6) is -2.42. The van der Waals surface area contributed by atoms with Gasteiger partial charge in [-0.3, -0.25) is 19.2 Å². The molecule has 0 heterocycles. The van der Waals surface area contributed by atoms with Gasteiger partial charge in [0, 0.05) is 31.3 Å². The van der Waals surface area contributed by atoms with E-state index in [4.69, 9.17) is 5.11 Å². The maximum atomic E-state index is 13.9. The maximum Gasteiger partial charge on any atom is 0.306 e. The normalized spacial score (nSPS) is 41.3. The molecule has 4 aliphatic carbocycles. The molecule has 7 heteroatoms. The molecule has 4 aliphatic rings.